The summed E-state index contributed by atoms with van der Waals surface area (Å²) in [5.41, 5.74) is 1.22. The Bertz CT molecular complexity index is 504. The molecule has 1 heterocycles. The summed E-state index contributed by atoms with van der Waals surface area (Å²) in [4.78, 5) is 0. The molecular formula is C16H23ClN2. The van der Waals surface area contributed by atoms with E-state index in [1.807, 2.05) is 12.3 Å². The number of fused-ring (bicyclic) bond motifs is 1. The van der Waals surface area contributed by atoms with Gasteiger partial charge in [0.25, 0.3) is 0 Å². The molecule has 104 valence electrons. The lowest BCUT2D eigenvalue weighted by molar-refractivity contribution is 0.567. The number of aromatic nitrogens is 1. The van der Waals surface area contributed by atoms with Crippen LogP contribution in [0.2, 0.25) is 5.02 Å². The monoisotopic (exact) mass is 278 g/mol. The van der Waals surface area contributed by atoms with Crippen LogP contribution in [0.15, 0.2) is 30.5 Å². The zero-order valence-electron chi connectivity index (χ0n) is 11.7. The summed E-state index contributed by atoms with van der Waals surface area (Å²) in [5, 5.41) is 5.49. The predicted octanol–water partition coefficient (Wildman–Crippen LogP) is 4.46. The Morgan fingerprint density at radius 2 is 1.95 bits per heavy atom. The number of rotatable bonds is 8. The average Bonchev–Trinajstić information content (AvgIpc) is 2.75. The first-order valence-electron chi connectivity index (χ1n) is 7.27. The third-order valence-electron chi connectivity index (χ3n) is 3.48. The molecule has 2 nitrogen and oxygen atoms in total. The molecule has 0 fully saturated rings. The van der Waals surface area contributed by atoms with Crippen molar-refractivity contribution in [3.8, 4) is 0 Å². The van der Waals surface area contributed by atoms with Crippen LogP contribution in [0.4, 0.5) is 0 Å². The topological polar surface area (TPSA) is 17.0 Å². The Kier molecular flexibility index (Phi) is 5.74. The lowest BCUT2D eigenvalue weighted by Crippen LogP contribution is -2.20. The Morgan fingerprint density at radius 3 is 2.79 bits per heavy atom. The fourth-order valence-corrected chi connectivity index (χ4v) is 2.67. The third-order valence-corrected chi connectivity index (χ3v) is 3.78. The largest absolute Gasteiger partial charge is 0.345 e. The standard InChI is InChI=1S/C16H23ClN2/c1-2-3-4-7-10-18-11-12-19-13-15(17)14-8-5-6-9-16(14)19/h5-6,8-9,13,18H,2-4,7,10-12H2,1H3. The van der Waals surface area contributed by atoms with Crippen LogP contribution in [-0.2, 0) is 6.54 Å². The van der Waals surface area contributed by atoms with E-state index in [-0.39, 0.29) is 0 Å². The van der Waals surface area contributed by atoms with Crippen molar-refractivity contribution in [2.24, 2.45) is 0 Å². The molecular weight excluding hydrogens is 256 g/mol. The van der Waals surface area contributed by atoms with Crippen LogP contribution in [0.25, 0.3) is 10.9 Å². The average molecular weight is 279 g/mol. The van der Waals surface area contributed by atoms with Gasteiger partial charge in [-0.2, -0.15) is 0 Å². The van der Waals surface area contributed by atoms with E-state index in [1.54, 1.807) is 0 Å². The van der Waals surface area contributed by atoms with E-state index in [1.165, 1.54) is 31.2 Å². The van der Waals surface area contributed by atoms with E-state index in [0.717, 1.165) is 30.0 Å². The first-order valence-corrected chi connectivity index (χ1v) is 7.65. The molecule has 2 aromatic rings. The van der Waals surface area contributed by atoms with Gasteiger partial charge in [0.2, 0.25) is 0 Å². The van der Waals surface area contributed by atoms with E-state index in [0.29, 0.717) is 0 Å². The summed E-state index contributed by atoms with van der Waals surface area (Å²) in [6.45, 7) is 5.34. The Morgan fingerprint density at radius 1 is 1.11 bits per heavy atom. The Hall–Kier alpha value is -0.990. The van der Waals surface area contributed by atoms with Gasteiger partial charge >= 0.3 is 0 Å². The van der Waals surface area contributed by atoms with Gasteiger partial charge in [-0.15, -0.1) is 0 Å². The zero-order chi connectivity index (χ0) is 13.5. The lowest BCUT2D eigenvalue weighted by atomic mass is 10.2. The number of unbranched alkanes of at least 4 members (excludes halogenated alkanes) is 3. The van der Waals surface area contributed by atoms with Gasteiger partial charge in [0.05, 0.1) is 5.02 Å². The molecule has 1 aromatic heterocycles. The molecule has 2 rings (SSSR count). The number of benzene rings is 1. The molecule has 0 radical (unpaired) electrons. The lowest BCUT2D eigenvalue weighted by Gasteiger charge is -2.07. The second-order valence-electron chi connectivity index (χ2n) is 5.00. The molecule has 1 aromatic carbocycles. The van der Waals surface area contributed by atoms with Crippen LogP contribution in [0.5, 0.6) is 0 Å². The molecule has 0 aliphatic rings. The van der Waals surface area contributed by atoms with Gasteiger partial charge in [0.15, 0.2) is 0 Å². The summed E-state index contributed by atoms with van der Waals surface area (Å²) < 4.78 is 2.23. The number of hydrogen-bond acceptors (Lipinski definition) is 1. The molecule has 3 heteroatoms. The second-order valence-corrected chi connectivity index (χ2v) is 5.41. The Labute approximate surface area is 120 Å². The van der Waals surface area contributed by atoms with Crippen LogP contribution >= 0.6 is 11.6 Å². The number of hydrogen-bond donors (Lipinski definition) is 1. The van der Waals surface area contributed by atoms with Crippen LogP contribution in [0.3, 0.4) is 0 Å². The highest BCUT2D eigenvalue weighted by atomic mass is 35.5. The van der Waals surface area contributed by atoms with Gasteiger partial charge in [0.1, 0.15) is 0 Å². The molecule has 0 spiro atoms. The van der Waals surface area contributed by atoms with Crippen LogP contribution in [0, 0.1) is 0 Å². The molecule has 0 unspecified atom stereocenters. The predicted molar refractivity (Wildman–Crippen MR) is 84.0 cm³/mol. The molecule has 0 aliphatic heterocycles. The minimum atomic E-state index is 0.846. The van der Waals surface area contributed by atoms with Crippen molar-refractivity contribution in [1.29, 1.82) is 0 Å². The maximum absolute atomic E-state index is 6.23. The van der Waals surface area contributed by atoms with Crippen molar-refractivity contribution in [1.82, 2.24) is 9.88 Å². The molecule has 19 heavy (non-hydrogen) atoms. The van der Waals surface area contributed by atoms with Crippen molar-refractivity contribution in [2.75, 3.05) is 13.1 Å². The van der Waals surface area contributed by atoms with Gasteiger partial charge in [0, 0.05) is 30.2 Å². The first kappa shape index (κ1) is 14.4. The van der Waals surface area contributed by atoms with Crippen LogP contribution in [-0.4, -0.2) is 17.7 Å². The zero-order valence-corrected chi connectivity index (χ0v) is 12.4. The van der Waals surface area contributed by atoms with Gasteiger partial charge in [-0.25, -0.2) is 0 Å². The number of para-hydroxylation sites is 1. The smallest absolute Gasteiger partial charge is 0.0661 e. The molecule has 0 bridgehead atoms. The molecule has 0 atom stereocenters. The van der Waals surface area contributed by atoms with Crippen molar-refractivity contribution < 1.29 is 0 Å². The maximum Gasteiger partial charge on any atom is 0.0661 e. The fraction of sp³-hybridized carbons (Fsp3) is 0.500. The first-order chi connectivity index (χ1) is 9.33. The molecule has 0 saturated heterocycles. The van der Waals surface area contributed by atoms with Crippen molar-refractivity contribution >= 4 is 22.5 Å². The Balaban J connectivity index is 1.79. The summed E-state index contributed by atoms with van der Waals surface area (Å²) in [6, 6.07) is 8.30. The number of nitrogens with one attached hydrogen (secondary N) is 1. The molecule has 0 amide bonds. The van der Waals surface area contributed by atoms with Gasteiger partial charge in [-0.1, -0.05) is 56.0 Å². The minimum Gasteiger partial charge on any atom is -0.345 e. The maximum atomic E-state index is 6.23. The number of nitrogens with zero attached hydrogens (tertiary/aromatic N) is 1. The quantitative estimate of drug-likeness (QED) is 0.705. The molecule has 1 N–H and O–H groups in total. The van der Waals surface area contributed by atoms with Gasteiger partial charge < -0.3 is 9.88 Å². The number of halogens is 1. The highest BCUT2D eigenvalue weighted by Gasteiger charge is 2.04. The van der Waals surface area contributed by atoms with E-state index in [2.05, 4.69) is 35.0 Å². The van der Waals surface area contributed by atoms with Gasteiger partial charge in [-0.05, 0) is 19.0 Å². The third kappa shape index (κ3) is 3.99. The van der Waals surface area contributed by atoms with E-state index in [4.69, 9.17) is 11.6 Å². The SMILES string of the molecule is CCCCCCNCCn1cc(Cl)c2ccccc21. The summed E-state index contributed by atoms with van der Waals surface area (Å²) in [6.07, 6.45) is 7.29. The highest BCUT2D eigenvalue weighted by molar-refractivity contribution is 6.35. The minimum absolute atomic E-state index is 0.846. The van der Waals surface area contributed by atoms with E-state index in [9.17, 15) is 0 Å². The van der Waals surface area contributed by atoms with Crippen LogP contribution in [0.1, 0.15) is 32.6 Å². The summed E-state index contributed by atoms with van der Waals surface area (Å²) in [5.74, 6) is 0. The van der Waals surface area contributed by atoms with Crippen molar-refractivity contribution in [3.05, 3.63) is 35.5 Å². The fourth-order valence-electron chi connectivity index (χ4n) is 2.39. The summed E-state index contributed by atoms with van der Waals surface area (Å²) in [7, 11) is 0. The second kappa shape index (κ2) is 7.56. The highest BCUT2D eigenvalue weighted by Crippen LogP contribution is 2.25. The van der Waals surface area contributed by atoms with E-state index >= 15 is 0 Å². The van der Waals surface area contributed by atoms with Crippen molar-refractivity contribution in [2.45, 2.75) is 39.2 Å². The summed E-state index contributed by atoms with van der Waals surface area (Å²) >= 11 is 6.23. The van der Waals surface area contributed by atoms with Crippen LogP contribution < -0.4 is 5.32 Å². The van der Waals surface area contributed by atoms with Crippen molar-refractivity contribution in [3.63, 3.8) is 0 Å². The van der Waals surface area contributed by atoms with E-state index < -0.39 is 0 Å². The normalized spacial score (nSPS) is 11.3. The molecule has 0 saturated carbocycles. The molecule has 0 aliphatic carbocycles. The van der Waals surface area contributed by atoms with Gasteiger partial charge in [-0.3, -0.25) is 0 Å².